The summed E-state index contributed by atoms with van der Waals surface area (Å²) in [7, 11) is 0. The van der Waals surface area contributed by atoms with Crippen LogP contribution in [0.25, 0.3) is 33.3 Å². The smallest absolute Gasteiger partial charge is 0.267 e. The highest BCUT2D eigenvalue weighted by molar-refractivity contribution is 7.15. The molecule has 0 bridgehead atoms. The lowest BCUT2D eigenvalue weighted by atomic mass is 9.86. The second-order valence-corrected chi connectivity index (χ2v) is 12.4. The van der Waals surface area contributed by atoms with Crippen molar-refractivity contribution in [1.82, 2.24) is 9.97 Å². The highest BCUT2D eigenvalue weighted by Crippen LogP contribution is 2.41. The molecule has 6 aromatic rings. The number of amides is 4. The van der Waals surface area contributed by atoms with Gasteiger partial charge in [-0.15, -0.1) is 22.7 Å². The van der Waals surface area contributed by atoms with Gasteiger partial charge >= 0.3 is 0 Å². The Balaban J connectivity index is 1.18. The van der Waals surface area contributed by atoms with Crippen molar-refractivity contribution in [2.75, 3.05) is 9.80 Å². The van der Waals surface area contributed by atoms with E-state index >= 15 is 0 Å². The van der Waals surface area contributed by atoms with E-state index in [0.29, 0.717) is 22.2 Å². The van der Waals surface area contributed by atoms with Crippen LogP contribution in [0.15, 0.2) is 83.6 Å². The van der Waals surface area contributed by atoms with E-state index in [4.69, 9.17) is 0 Å². The molecule has 0 saturated heterocycles. The topological polar surface area (TPSA) is 101 Å². The number of hydrogen-bond donors (Lipinski definition) is 0. The highest BCUT2D eigenvalue weighted by atomic mass is 32.1. The van der Waals surface area contributed by atoms with Gasteiger partial charge in [0.1, 0.15) is 0 Å². The molecule has 4 amide bonds. The van der Waals surface area contributed by atoms with Gasteiger partial charge in [0.05, 0.1) is 11.4 Å². The molecular formula is C34H20N4O4S2. The lowest BCUT2D eigenvalue weighted by molar-refractivity contribution is 0.0873. The Hall–Kier alpha value is -5.32. The molecular weight excluding hydrogens is 593 g/mol. The summed E-state index contributed by atoms with van der Waals surface area (Å²) in [6.45, 7) is 3.99. The van der Waals surface area contributed by atoms with E-state index in [0.717, 1.165) is 32.1 Å². The number of imide groups is 2. The molecule has 8 nitrogen and oxygen atoms in total. The summed E-state index contributed by atoms with van der Waals surface area (Å²) in [5.74, 6) is -2.22. The van der Waals surface area contributed by atoms with Crippen molar-refractivity contribution in [3.8, 4) is 22.5 Å². The van der Waals surface area contributed by atoms with Crippen LogP contribution >= 0.6 is 22.7 Å². The van der Waals surface area contributed by atoms with Crippen LogP contribution in [0.3, 0.4) is 0 Å². The van der Waals surface area contributed by atoms with E-state index in [-0.39, 0.29) is 32.5 Å². The number of rotatable bonds is 4. The van der Waals surface area contributed by atoms with Gasteiger partial charge in [-0.25, -0.2) is 19.8 Å². The van der Waals surface area contributed by atoms with Crippen molar-refractivity contribution in [2.24, 2.45) is 0 Å². The number of hydrogen-bond acceptors (Lipinski definition) is 8. The van der Waals surface area contributed by atoms with Crippen LogP contribution in [0.5, 0.6) is 0 Å². The minimum atomic E-state index is -0.555. The number of carbonyl (C=O) groups excluding carboxylic acids is 4. The summed E-state index contributed by atoms with van der Waals surface area (Å²) in [4.78, 5) is 66.7. The first-order valence-corrected chi connectivity index (χ1v) is 15.5. The first-order chi connectivity index (χ1) is 21.3. The number of benzene rings is 4. The van der Waals surface area contributed by atoms with Crippen molar-refractivity contribution >= 4 is 67.3 Å². The van der Waals surface area contributed by atoms with E-state index < -0.39 is 23.6 Å². The van der Waals surface area contributed by atoms with Crippen molar-refractivity contribution in [1.29, 1.82) is 0 Å². The Morgan fingerprint density at radius 3 is 1.11 bits per heavy atom. The minimum Gasteiger partial charge on any atom is -0.268 e. The molecule has 212 valence electrons. The average Bonchev–Trinajstić information content (AvgIpc) is 3.71. The molecule has 0 atom stereocenters. The van der Waals surface area contributed by atoms with Crippen molar-refractivity contribution in [2.45, 2.75) is 13.8 Å². The van der Waals surface area contributed by atoms with Gasteiger partial charge in [-0.3, -0.25) is 19.2 Å². The molecule has 0 fully saturated rings. The van der Waals surface area contributed by atoms with Crippen molar-refractivity contribution in [3.05, 3.63) is 117 Å². The SMILES string of the molecule is Cc1ccc(-c2csc(N3C(=O)c4ccc5c6c(ccc(c46)C3=O)C(=O)N(c3nc(-c4ccc(C)cc4)cs3)C5=O)n2)cc1. The molecule has 0 spiro atoms. The normalized spacial score (nSPS) is 14.2. The maximum atomic E-state index is 13.8. The molecule has 0 N–H and O–H groups in total. The maximum Gasteiger partial charge on any atom is 0.267 e. The quantitative estimate of drug-likeness (QED) is 0.194. The fourth-order valence-corrected chi connectivity index (χ4v) is 7.33. The average molecular weight is 613 g/mol. The number of aryl methyl sites for hydroxylation is 2. The predicted molar refractivity (Wildman–Crippen MR) is 171 cm³/mol. The first kappa shape index (κ1) is 26.3. The van der Waals surface area contributed by atoms with Crippen LogP contribution in [0.1, 0.15) is 52.6 Å². The Bertz CT molecular complexity index is 2000. The van der Waals surface area contributed by atoms with Gasteiger partial charge in [-0.2, -0.15) is 0 Å². The summed E-state index contributed by atoms with van der Waals surface area (Å²) in [5.41, 5.74) is 6.23. The Labute approximate surface area is 258 Å². The van der Waals surface area contributed by atoms with Crippen LogP contribution in [0.4, 0.5) is 10.3 Å². The number of aromatic nitrogens is 2. The second kappa shape index (κ2) is 9.60. The van der Waals surface area contributed by atoms with Gasteiger partial charge in [-0.05, 0) is 38.1 Å². The molecule has 0 saturated carbocycles. The van der Waals surface area contributed by atoms with Gasteiger partial charge in [0.15, 0.2) is 10.3 Å². The van der Waals surface area contributed by atoms with Crippen LogP contribution in [0.2, 0.25) is 0 Å². The molecule has 4 aromatic carbocycles. The third-order valence-electron chi connectivity index (χ3n) is 7.96. The van der Waals surface area contributed by atoms with Gasteiger partial charge in [0.2, 0.25) is 0 Å². The third-order valence-corrected chi connectivity index (χ3v) is 9.61. The molecule has 0 unspecified atom stereocenters. The number of anilines is 2. The summed E-state index contributed by atoms with van der Waals surface area (Å²) in [6.07, 6.45) is 0. The maximum absolute atomic E-state index is 13.8. The third kappa shape index (κ3) is 3.81. The fraction of sp³-hybridized carbons (Fsp3) is 0.0588. The van der Waals surface area contributed by atoms with E-state index in [1.165, 1.54) is 22.7 Å². The molecule has 10 heteroatoms. The van der Waals surface area contributed by atoms with E-state index in [2.05, 4.69) is 9.97 Å². The highest BCUT2D eigenvalue weighted by Gasteiger charge is 2.42. The minimum absolute atomic E-state index is 0.234. The summed E-state index contributed by atoms with van der Waals surface area (Å²) < 4.78 is 0. The standard InChI is InChI=1S/C34H20N4O4S2/c1-17-3-7-19(8-4-17)25-15-43-33(35-25)37-29(39)21-11-13-23-28-24(14-12-22(27(21)28)30(37)40)32(42)38(31(23)41)34-36-26(16-44-34)20-9-5-18(2)6-10-20/h3-16H,1-2H3. The van der Waals surface area contributed by atoms with Gasteiger partial charge in [-0.1, -0.05) is 59.7 Å². The Morgan fingerprint density at radius 1 is 0.477 bits per heavy atom. The zero-order chi connectivity index (χ0) is 30.3. The summed E-state index contributed by atoms with van der Waals surface area (Å²) in [5, 5.41) is 4.74. The van der Waals surface area contributed by atoms with Crippen LogP contribution in [0, 0.1) is 13.8 Å². The molecule has 0 aliphatic carbocycles. The van der Waals surface area contributed by atoms with E-state index in [1.54, 1.807) is 24.3 Å². The molecule has 2 aliphatic heterocycles. The summed E-state index contributed by atoms with van der Waals surface area (Å²) >= 11 is 2.40. The zero-order valence-corrected chi connectivity index (χ0v) is 25.0. The monoisotopic (exact) mass is 612 g/mol. The largest absolute Gasteiger partial charge is 0.268 e. The van der Waals surface area contributed by atoms with Crippen molar-refractivity contribution < 1.29 is 19.2 Å². The van der Waals surface area contributed by atoms with E-state index in [1.807, 2.05) is 73.1 Å². The predicted octanol–water partition coefficient (Wildman–Crippen LogP) is 7.30. The van der Waals surface area contributed by atoms with E-state index in [9.17, 15) is 19.2 Å². The lowest BCUT2D eigenvalue weighted by Gasteiger charge is -2.30. The van der Waals surface area contributed by atoms with Gasteiger partial charge in [0, 0.05) is 54.9 Å². The number of thiazole rings is 2. The van der Waals surface area contributed by atoms with Gasteiger partial charge < -0.3 is 0 Å². The molecule has 4 heterocycles. The lowest BCUT2D eigenvalue weighted by Crippen LogP contribution is -2.43. The van der Waals surface area contributed by atoms with Gasteiger partial charge in [0.25, 0.3) is 23.6 Å². The van der Waals surface area contributed by atoms with Crippen LogP contribution in [-0.4, -0.2) is 33.6 Å². The zero-order valence-electron chi connectivity index (χ0n) is 23.3. The number of nitrogens with zero attached hydrogens (tertiary/aromatic N) is 4. The molecule has 8 rings (SSSR count). The Morgan fingerprint density at radius 2 is 0.795 bits per heavy atom. The van der Waals surface area contributed by atoms with Crippen LogP contribution in [-0.2, 0) is 0 Å². The molecule has 2 aromatic heterocycles. The Kier molecular flexibility index (Phi) is 5.74. The fourth-order valence-electron chi connectivity index (χ4n) is 5.67. The number of carbonyl (C=O) groups is 4. The molecule has 2 aliphatic rings. The molecule has 0 radical (unpaired) electrons. The summed E-state index contributed by atoms with van der Waals surface area (Å²) in [6, 6.07) is 21.9. The van der Waals surface area contributed by atoms with Crippen molar-refractivity contribution in [3.63, 3.8) is 0 Å². The van der Waals surface area contributed by atoms with Crippen LogP contribution < -0.4 is 9.80 Å². The first-order valence-electron chi connectivity index (χ1n) is 13.7. The molecule has 44 heavy (non-hydrogen) atoms. The second-order valence-electron chi connectivity index (χ2n) is 10.7.